The number of rotatable bonds is 17. The van der Waals surface area contributed by atoms with E-state index in [0.717, 1.165) is 25.2 Å². The molecule has 0 aliphatic carbocycles. The van der Waals surface area contributed by atoms with Crippen LogP contribution < -0.4 is 0 Å². The van der Waals surface area contributed by atoms with Crippen LogP contribution in [0.25, 0.3) is 0 Å². The van der Waals surface area contributed by atoms with Crippen LogP contribution in [0.2, 0.25) is 0 Å². The number of aromatic carboxylic acids is 1. The number of hydrogen-bond donors (Lipinski definition) is 1. The van der Waals surface area contributed by atoms with E-state index in [1.165, 1.54) is 69.9 Å². The molecule has 176 valence electrons. The molecule has 0 saturated heterocycles. The zero-order valence-corrected chi connectivity index (χ0v) is 20.2. The van der Waals surface area contributed by atoms with Crippen LogP contribution >= 0.6 is 0 Å². The molecule has 0 aromatic heterocycles. The van der Waals surface area contributed by atoms with Crippen LogP contribution in [-0.4, -0.2) is 23.1 Å². The van der Waals surface area contributed by atoms with E-state index in [9.17, 15) is 14.7 Å². The van der Waals surface area contributed by atoms with Gasteiger partial charge in [0.2, 0.25) is 0 Å². The Kier molecular flexibility index (Phi) is 13.9. The number of ether oxygens (including phenoxy) is 1. The molecule has 1 N–H and O–H groups in total. The second-order valence-corrected chi connectivity index (χ2v) is 9.55. The number of unbranched alkanes of at least 4 members (excludes halogenated alkanes) is 9. The highest BCUT2D eigenvalue weighted by Gasteiger charge is 2.22. The van der Waals surface area contributed by atoms with Crippen molar-refractivity contribution in [2.24, 2.45) is 11.8 Å². The van der Waals surface area contributed by atoms with E-state index in [2.05, 4.69) is 13.8 Å². The van der Waals surface area contributed by atoms with Gasteiger partial charge in [0.1, 0.15) is 6.10 Å². The molecule has 4 nitrogen and oxygen atoms in total. The lowest BCUT2D eigenvalue weighted by Crippen LogP contribution is -2.24. The van der Waals surface area contributed by atoms with E-state index in [1.807, 2.05) is 13.8 Å². The molecule has 0 aliphatic heterocycles. The first-order valence-electron chi connectivity index (χ1n) is 12.4. The Labute approximate surface area is 189 Å². The van der Waals surface area contributed by atoms with Crippen LogP contribution in [-0.2, 0) is 4.74 Å². The second-order valence-electron chi connectivity index (χ2n) is 9.55. The van der Waals surface area contributed by atoms with E-state index in [1.54, 1.807) is 12.1 Å². The molecule has 0 heterocycles. The molecule has 0 aliphatic rings. The van der Waals surface area contributed by atoms with E-state index in [4.69, 9.17) is 4.74 Å². The quantitative estimate of drug-likeness (QED) is 0.201. The Hall–Kier alpha value is -1.84. The van der Waals surface area contributed by atoms with Gasteiger partial charge in [0, 0.05) is 0 Å². The van der Waals surface area contributed by atoms with Crippen LogP contribution in [0.4, 0.5) is 0 Å². The Morgan fingerprint density at radius 1 is 0.742 bits per heavy atom. The maximum atomic E-state index is 12.5. The fraction of sp³-hybridized carbons (Fsp3) is 0.704. The first-order valence-corrected chi connectivity index (χ1v) is 12.4. The molecule has 1 atom stereocenters. The first-order chi connectivity index (χ1) is 14.8. The third kappa shape index (κ3) is 11.9. The van der Waals surface area contributed by atoms with Crippen molar-refractivity contribution in [2.75, 3.05) is 0 Å². The van der Waals surface area contributed by atoms with Crippen LogP contribution in [0.15, 0.2) is 24.3 Å². The summed E-state index contributed by atoms with van der Waals surface area (Å²) < 4.78 is 5.69. The molecule has 1 unspecified atom stereocenters. The Morgan fingerprint density at radius 3 is 1.65 bits per heavy atom. The van der Waals surface area contributed by atoms with E-state index in [0.29, 0.717) is 0 Å². The number of carboxylic acids is 1. The van der Waals surface area contributed by atoms with Crippen molar-refractivity contribution in [2.45, 2.75) is 111 Å². The monoisotopic (exact) mass is 432 g/mol. The normalized spacial score (nSPS) is 12.3. The molecule has 0 fully saturated rings. The Balaban J connectivity index is 2.21. The first kappa shape index (κ1) is 27.2. The molecular formula is C27H44O4. The summed E-state index contributed by atoms with van der Waals surface area (Å²) in [6.07, 6.45) is 14.9. The van der Waals surface area contributed by atoms with Gasteiger partial charge in [-0.3, -0.25) is 0 Å². The van der Waals surface area contributed by atoms with Crippen LogP contribution in [0.5, 0.6) is 0 Å². The van der Waals surface area contributed by atoms with E-state index < -0.39 is 11.9 Å². The number of carbonyl (C=O) groups excluding carboxylic acids is 1. The minimum Gasteiger partial charge on any atom is -0.478 e. The highest BCUT2D eigenvalue weighted by Crippen LogP contribution is 2.20. The van der Waals surface area contributed by atoms with Crippen LogP contribution in [0.1, 0.15) is 125 Å². The zero-order chi connectivity index (χ0) is 23.1. The molecule has 0 bridgehead atoms. The summed E-state index contributed by atoms with van der Waals surface area (Å²) in [6.45, 7) is 8.68. The summed E-state index contributed by atoms with van der Waals surface area (Å²) in [4.78, 5) is 23.9. The fourth-order valence-electron chi connectivity index (χ4n) is 3.89. The molecule has 4 heteroatoms. The molecule has 1 aromatic rings. The molecule has 1 rings (SSSR count). The van der Waals surface area contributed by atoms with E-state index in [-0.39, 0.29) is 23.1 Å². The third-order valence-corrected chi connectivity index (χ3v) is 5.90. The zero-order valence-electron chi connectivity index (χ0n) is 20.2. The maximum Gasteiger partial charge on any atom is 0.339 e. The maximum absolute atomic E-state index is 12.5. The summed E-state index contributed by atoms with van der Waals surface area (Å²) in [7, 11) is 0. The lowest BCUT2D eigenvalue weighted by atomic mass is 9.99. The van der Waals surface area contributed by atoms with Crippen molar-refractivity contribution in [3.05, 3.63) is 35.4 Å². The second kappa shape index (κ2) is 15.9. The van der Waals surface area contributed by atoms with Gasteiger partial charge in [0.25, 0.3) is 0 Å². The standard InChI is InChI=1S/C27H44O4/c1-21(2)17-13-11-9-7-5-6-8-10-12-14-20-25(22(3)4)31-27(30)24-19-16-15-18-23(24)26(28)29/h15-16,18-19,21-22,25H,5-14,17,20H2,1-4H3,(H,28,29). The average molecular weight is 433 g/mol. The van der Waals surface area contributed by atoms with Gasteiger partial charge in [0.05, 0.1) is 11.1 Å². The largest absolute Gasteiger partial charge is 0.478 e. The lowest BCUT2D eigenvalue weighted by Gasteiger charge is -2.22. The molecule has 0 spiro atoms. The predicted octanol–water partition coefficient (Wildman–Crippen LogP) is 7.90. The molecule has 0 amide bonds. The van der Waals surface area contributed by atoms with Gasteiger partial charge in [-0.05, 0) is 36.8 Å². The smallest absolute Gasteiger partial charge is 0.339 e. The van der Waals surface area contributed by atoms with Gasteiger partial charge >= 0.3 is 11.9 Å². The summed E-state index contributed by atoms with van der Waals surface area (Å²) in [5.41, 5.74) is 0.125. The van der Waals surface area contributed by atoms with Gasteiger partial charge in [-0.1, -0.05) is 104 Å². The minimum absolute atomic E-state index is 0.00470. The number of esters is 1. The van der Waals surface area contributed by atoms with E-state index >= 15 is 0 Å². The highest BCUT2D eigenvalue weighted by atomic mass is 16.5. The van der Waals surface area contributed by atoms with Gasteiger partial charge in [-0.2, -0.15) is 0 Å². The summed E-state index contributed by atoms with van der Waals surface area (Å²) >= 11 is 0. The van der Waals surface area contributed by atoms with Crippen LogP contribution in [0, 0.1) is 11.8 Å². The number of hydrogen-bond acceptors (Lipinski definition) is 3. The Bertz CT molecular complexity index is 636. The lowest BCUT2D eigenvalue weighted by molar-refractivity contribution is 0.0147. The predicted molar refractivity (Wildman–Crippen MR) is 128 cm³/mol. The number of carbonyl (C=O) groups is 2. The summed E-state index contributed by atoms with van der Waals surface area (Å²) in [5, 5.41) is 9.29. The van der Waals surface area contributed by atoms with Crippen molar-refractivity contribution >= 4 is 11.9 Å². The van der Waals surface area contributed by atoms with Gasteiger partial charge < -0.3 is 9.84 Å². The van der Waals surface area contributed by atoms with Crippen molar-refractivity contribution in [3.8, 4) is 0 Å². The van der Waals surface area contributed by atoms with Crippen molar-refractivity contribution in [1.82, 2.24) is 0 Å². The SMILES string of the molecule is CC(C)CCCCCCCCCCCCC(OC(=O)c1ccccc1C(=O)O)C(C)C. The highest BCUT2D eigenvalue weighted by molar-refractivity contribution is 6.02. The molecular weight excluding hydrogens is 388 g/mol. The summed E-state index contributed by atoms with van der Waals surface area (Å²) in [6, 6.07) is 6.24. The Morgan fingerprint density at radius 2 is 1.19 bits per heavy atom. The van der Waals surface area contributed by atoms with Gasteiger partial charge in [-0.25, -0.2) is 9.59 Å². The van der Waals surface area contributed by atoms with Crippen LogP contribution in [0.3, 0.4) is 0 Å². The minimum atomic E-state index is -1.11. The third-order valence-electron chi connectivity index (χ3n) is 5.90. The fourth-order valence-corrected chi connectivity index (χ4v) is 3.89. The van der Waals surface area contributed by atoms with Crippen molar-refractivity contribution < 1.29 is 19.4 Å². The average Bonchev–Trinajstić information content (AvgIpc) is 2.73. The molecule has 31 heavy (non-hydrogen) atoms. The van der Waals surface area contributed by atoms with Gasteiger partial charge in [-0.15, -0.1) is 0 Å². The number of carboxylic acid groups (broad SMARTS) is 1. The summed E-state index contributed by atoms with van der Waals surface area (Å²) in [5.74, 6) is -0.606. The van der Waals surface area contributed by atoms with Crippen molar-refractivity contribution in [3.63, 3.8) is 0 Å². The topological polar surface area (TPSA) is 63.6 Å². The number of benzene rings is 1. The van der Waals surface area contributed by atoms with Gasteiger partial charge in [0.15, 0.2) is 0 Å². The molecule has 1 aromatic carbocycles. The molecule has 0 saturated carbocycles. The van der Waals surface area contributed by atoms with Crippen molar-refractivity contribution in [1.29, 1.82) is 0 Å². The molecule has 0 radical (unpaired) electrons.